The second-order valence-electron chi connectivity index (χ2n) is 2.05. The summed E-state index contributed by atoms with van der Waals surface area (Å²) in [5, 5.41) is 0. The van der Waals surface area contributed by atoms with Crippen molar-refractivity contribution in [2.45, 2.75) is 26.7 Å². The summed E-state index contributed by atoms with van der Waals surface area (Å²) in [5.41, 5.74) is 0. The standard InChI is InChI=1S/C9H14O/c1-3-5-6-7-8-9(10)4-2/h3,5-7H,4,8H2,1-2H3/b5-3-,7-6-. The number of hydrogen-bond acceptors (Lipinski definition) is 1. The molecule has 0 aromatic heterocycles. The molecule has 0 heterocycles. The lowest BCUT2D eigenvalue weighted by Gasteiger charge is -1.85. The molecule has 0 aliphatic heterocycles. The van der Waals surface area contributed by atoms with E-state index in [1.54, 1.807) is 0 Å². The molecule has 0 fully saturated rings. The second kappa shape index (κ2) is 6.27. The van der Waals surface area contributed by atoms with E-state index in [0.29, 0.717) is 18.6 Å². The van der Waals surface area contributed by atoms with E-state index < -0.39 is 0 Å². The summed E-state index contributed by atoms with van der Waals surface area (Å²) in [6, 6.07) is 0. The van der Waals surface area contributed by atoms with Crippen molar-refractivity contribution in [3.63, 3.8) is 0 Å². The summed E-state index contributed by atoms with van der Waals surface area (Å²) < 4.78 is 0. The van der Waals surface area contributed by atoms with Gasteiger partial charge in [-0.2, -0.15) is 0 Å². The summed E-state index contributed by atoms with van der Waals surface area (Å²) in [7, 11) is 0. The third-order valence-electron chi connectivity index (χ3n) is 1.18. The van der Waals surface area contributed by atoms with Crippen LogP contribution in [0, 0.1) is 0 Å². The topological polar surface area (TPSA) is 17.1 Å². The van der Waals surface area contributed by atoms with Crippen molar-refractivity contribution < 1.29 is 4.79 Å². The average Bonchev–Trinajstić information content (AvgIpc) is 1.98. The third kappa shape index (κ3) is 5.29. The molecule has 0 saturated carbocycles. The maximum absolute atomic E-state index is 10.7. The highest BCUT2D eigenvalue weighted by Crippen LogP contribution is 1.90. The van der Waals surface area contributed by atoms with Gasteiger partial charge in [0.2, 0.25) is 0 Å². The van der Waals surface area contributed by atoms with Gasteiger partial charge in [0.25, 0.3) is 0 Å². The SMILES string of the molecule is C/C=C\C=C/CC(=O)CC. The molecule has 0 atom stereocenters. The Balaban J connectivity index is 3.43. The molecule has 0 aromatic rings. The Morgan fingerprint density at radius 1 is 1.40 bits per heavy atom. The van der Waals surface area contributed by atoms with Crippen LogP contribution in [-0.4, -0.2) is 5.78 Å². The fourth-order valence-electron chi connectivity index (χ4n) is 0.534. The summed E-state index contributed by atoms with van der Waals surface area (Å²) in [6.45, 7) is 3.83. The molecule has 0 rings (SSSR count). The molecule has 1 heteroatoms. The van der Waals surface area contributed by atoms with Gasteiger partial charge in [0.1, 0.15) is 5.78 Å². The highest BCUT2D eigenvalue weighted by molar-refractivity contribution is 5.79. The maximum atomic E-state index is 10.7. The molecule has 56 valence electrons. The third-order valence-corrected chi connectivity index (χ3v) is 1.18. The van der Waals surface area contributed by atoms with Gasteiger partial charge in [-0.3, -0.25) is 4.79 Å². The van der Waals surface area contributed by atoms with Crippen molar-refractivity contribution in [3.05, 3.63) is 24.3 Å². The molecule has 10 heavy (non-hydrogen) atoms. The Morgan fingerprint density at radius 2 is 2.10 bits per heavy atom. The molecular weight excluding hydrogens is 124 g/mol. The van der Waals surface area contributed by atoms with Crippen LogP contribution in [0.3, 0.4) is 0 Å². The van der Waals surface area contributed by atoms with E-state index >= 15 is 0 Å². The zero-order valence-corrected chi connectivity index (χ0v) is 6.63. The molecular formula is C9H14O. The van der Waals surface area contributed by atoms with Gasteiger partial charge >= 0.3 is 0 Å². The first kappa shape index (κ1) is 9.15. The summed E-state index contributed by atoms with van der Waals surface area (Å²) in [4.78, 5) is 10.7. The van der Waals surface area contributed by atoms with Crippen LogP contribution in [0.4, 0.5) is 0 Å². The molecule has 0 aliphatic carbocycles. The van der Waals surface area contributed by atoms with Crippen molar-refractivity contribution in [1.82, 2.24) is 0 Å². The van der Waals surface area contributed by atoms with Crippen molar-refractivity contribution >= 4 is 5.78 Å². The highest BCUT2D eigenvalue weighted by Gasteiger charge is 1.90. The lowest BCUT2D eigenvalue weighted by Crippen LogP contribution is -1.90. The number of carbonyl (C=O) groups is 1. The molecule has 0 bridgehead atoms. The Morgan fingerprint density at radius 3 is 2.60 bits per heavy atom. The monoisotopic (exact) mass is 138 g/mol. The van der Waals surface area contributed by atoms with E-state index in [2.05, 4.69) is 0 Å². The number of rotatable bonds is 4. The van der Waals surface area contributed by atoms with Crippen LogP contribution < -0.4 is 0 Å². The van der Waals surface area contributed by atoms with Crippen LogP contribution in [-0.2, 0) is 4.79 Å². The fraction of sp³-hybridized carbons (Fsp3) is 0.444. The van der Waals surface area contributed by atoms with Gasteiger partial charge in [0.15, 0.2) is 0 Å². The van der Waals surface area contributed by atoms with Gasteiger partial charge in [0.05, 0.1) is 0 Å². The smallest absolute Gasteiger partial charge is 0.136 e. The zero-order valence-electron chi connectivity index (χ0n) is 6.63. The zero-order chi connectivity index (χ0) is 7.82. The lowest BCUT2D eigenvalue weighted by molar-refractivity contribution is -0.117. The van der Waals surface area contributed by atoms with Crippen molar-refractivity contribution in [3.8, 4) is 0 Å². The van der Waals surface area contributed by atoms with Crippen LogP contribution in [0.1, 0.15) is 26.7 Å². The number of carbonyl (C=O) groups excluding carboxylic acids is 1. The summed E-state index contributed by atoms with van der Waals surface area (Å²) in [6.07, 6.45) is 8.84. The molecule has 0 N–H and O–H groups in total. The largest absolute Gasteiger partial charge is 0.299 e. The number of hydrogen-bond donors (Lipinski definition) is 0. The number of ketones is 1. The van der Waals surface area contributed by atoms with Crippen LogP contribution in [0.5, 0.6) is 0 Å². The lowest BCUT2D eigenvalue weighted by atomic mass is 10.2. The quantitative estimate of drug-likeness (QED) is 0.545. The number of Topliss-reactive ketones (excluding diaryl/α,β-unsaturated/α-hetero) is 1. The molecule has 0 aromatic carbocycles. The Kier molecular flexibility index (Phi) is 5.74. The fourth-order valence-corrected chi connectivity index (χ4v) is 0.534. The van der Waals surface area contributed by atoms with E-state index in [-0.39, 0.29) is 0 Å². The van der Waals surface area contributed by atoms with E-state index in [4.69, 9.17) is 0 Å². The van der Waals surface area contributed by atoms with Crippen LogP contribution >= 0.6 is 0 Å². The molecule has 0 radical (unpaired) electrons. The molecule has 1 nitrogen and oxygen atoms in total. The maximum Gasteiger partial charge on any atom is 0.136 e. The molecule has 0 spiro atoms. The van der Waals surface area contributed by atoms with E-state index in [9.17, 15) is 4.79 Å². The van der Waals surface area contributed by atoms with Crippen molar-refractivity contribution in [2.24, 2.45) is 0 Å². The Hall–Kier alpha value is -0.850. The van der Waals surface area contributed by atoms with Crippen molar-refractivity contribution in [1.29, 1.82) is 0 Å². The Bertz CT molecular complexity index is 143. The molecule has 0 aliphatic rings. The molecule has 0 amide bonds. The van der Waals surface area contributed by atoms with Gasteiger partial charge in [-0.05, 0) is 6.92 Å². The van der Waals surface area contributed by atoms with Gasteiger partial charge in [-0.25, -0.2) is 0 Å². The molecule has 0 unspecified atom stereocenters. The van der Waals surface area contributed by atoms with Gasteiger partial charge in [0, 0.05) is 12.8 Å². The van der Waals surface area contributed by atoms with Gasteiger partial charge in [-0.15, -0.1) is 0 Å². The van der Waals surface area contributed by atoms with Gasteiger partial charge < -0.3 is 0 Å². The van der Waals surface area contributed by atoms with Crippen LogP contribution in [0.15, 0.2) is 24.3 Å². The minimum Gasteiger partial charge on any atom is -0.299 e. The minimum atomic E-state index is 0.292. The van der Waals surface area contributed by atoms with Crippen LogP contribution in [0.2, 0.25) is 0 Å². The highest BCUT2D eigenvalue weighted by atomic mass is 16.1. The van der Waals surface area contributed by atoms with E-state index in [0.717, 1.165) is 0 Å². The van der Waals surface area contributed by atoms with E-state index in [1.165, 1.54) is 0 Å². The predicted molar refractivity (Wildman–Crippen MR) is 43.9 cm³/mol. The van der Waals surface area contributed by atoms with Crippen molar-refractivity contribution in [2.75, 3.05) is 0 Å². The Labute approximate surface area is 62.4 Å². The van der Waals surface area contributed by atoms with E-state index in [1.807, 2.05) is 38.2 Å². The average molecular weight is 138 g/mol. The van der Waals surface area contributed by atoms with Gasteiger partial charge in [-0.1, -0.05) is 31.2 Å². The molecule has 0 saturated heterocycles. The second-order valence-corrected chi connectivity index (χ2v) is 2.05. The predicted octanol–water partition coefficient (Wildman–Crippen LogP) is 2.49. The first-order chi connectivity index (χ1) is 4.81. The summed E-state index contributed by atoms with van der Waals surface area (Å²) >= 11 is 0. The number of allylic oxidation sites excluding steroid dienone is 4. The van der Waals surface area contributed by atoms with Crippen LogP contribution in [0.25, 0.3) is 0 Å². The summed E-state index contributed by atoms with van der Waals surface area (Å²) in [5.74, 6) is 0.292. The first-order valence-electron chi connectivity index (χ1n) is 3.60. The minimum absolute atomic E-state index is 0.292. The normalized spacial score (nSPS) is 11.4. The first-order valence-corrected chi connectivity index (χ1v) is 3.60.